The van der Waals surface area contributed by atoms with Crippen molar-refractivity contribution in [1.29, 1.82) is 0 Å². The lowest BCUT2D eigenvalue weighted by Crippen LogP contribution is -2.54. The molecule has 0 heterocycles. The van der Waals surface area contributed by atoms with Crippen LogP contribution in [0, 0.1) is 0 Å². The maximum Gasteiger partial charge on any atom is 0.320 e. The summed E-state index contributed by atoms with van der Waals surface area (Å²) in [5.74, 6) is 0. The highest BCUT2D eigenvalue weighted by Crippen LogP contribution is 2.27. The summed E-state index contributed by atoms with van der Waals surface area (Å²) in [4.78, 5) is 15.5. The van der Waals surface area contributed by atoms with E-state index in [1.54, 1.807) is 4.90 Å². The van der Waals surface area contributed by atoms with Crippen molar-refractivity contribution in [3.8, 4) is 0 Å². The van der Waals surface area contributed by atoms with Crippen LogP contribution in [0.3, 0.4) is 0 Å². The Labute approximate surface area is 86.0 Å². The molecule has 2 N–H and O–H groups in total. The number of hydrogen-bond donors (Lipinski definition) is 1. The van der Waals surface area contributed by atoms with Gasteiger partial charge in [-0.05, 0) is 26.7 Å². The highest BCUT2D eigenvalue weighted by molar-refractivity contribution is 5.75. The van der Waals surface area contributed by atoms with Crippen molar-refractivity contribution in [3.63, 3.8) is 0 Å². The number of nitrogens with two attached hydrogens (primary N) is 1. The SMILES string of the molecule is CN(C(=O)N(C)C(C)(C)CN)C1CC1. The molecule has 1 saturated carbocycles. The van der Waals surface area contributed by atoms with Crippen molar-refractivity contribution in [1.82, 2.24) is 9.80 Å². The van der Waals surface area contributed by atoms with Gasteiger partial charge in [0.15, 0.2) is 0 Å². The van der Waals surface area contributed by atoms with Crippen LogP contribution in [-0.2, 0) is 0 Å². The minimum Gasteiger partial charge on any atom is -0.328 e. The van der Waals surface area contributed by atoms with Gasteiger partial charge in [-0.2, -0.15) is 0 Å². The first-order valence-electron chi connectivity index (χ1n) is 5.11. The van der Waals surface area contributed by atoms with Crippen molar-refractivity contribution in [2.45, 2.75) is 38.3 Å². The van der Waals surface area contributed by atoms with Gasteiger partial charge in [0.2, 0.25) is 0 Å². The van der Waals surface area contributed by atoms with Crippen molar-refractivity contribution < 1.29 is 4.79 Å². The number of nitrogens with zero attached hydrogens (tertiary/aromatic N) is 2. The Morgan fingerprint density at radius 2 is 1.93 bits per heavy atom. The normalized spacial score (nSPS) is 16.6. The minimum atomic E-state index is -0.264. The molecule has 1 rings (SSSR count). The molecular weight excluding hydrogens is 178 g/mol. The van der Waals surface area contributed by atoms with E-state index < -0.39 is 0 Å². The number of likely N-dealkylation sites (N-methyl/N-ethyl adjacent to an activating group) is 1. The quantitative estimate of drug-likeness (QED) is 0.733. The molecule has 4 nitrogen and oxygen atoms in total. The van der Waals surface area contributed by atoms with Gasteiger partial charge >= 0.3 is 6.03 Å². The number of amides is 2. The molecule has 82 valence electrons. The second-order valence-corrected chi connectivity index (χ2v) is 4.70. The molecule has 0 bridgehead atoms. The van der Waals surface area contributed by atoms with Crippen LogP contribution in [0.15, 0.2) is 0 Å². The number of carbonyl (C=O) groups excluding carboxylic acids is 1. The number of rotatable bonds is 3. The molecule has 1 fully saturated rings. The summed E-state index contributed by atoms with van der Waals surface area (Å²) in [5.41, 5.74) is 5.36. The van der Waals surface area contributed by atoms with Crippen molar-refractivity contribution >= 4 is 6.03 Å². The molecule has 14 heavy (non-hydrogen) atoms. The van der Waals surface area contributed by atoms with Crippen molar-refractivity contribution in [3.05, 3.63) is 0 Å². The van der Waals surface area contributed by atoms with E-state index in [4.69, 9.17) is 5.73 Å². The Bertz CT molecular complexity index is 223. The average Bonchev–Trinajstić information content (AvgIpc) is 2.97. The van der Waals surface area contributed by atoms with Gasteiger partial charge in [-0.3, -0.25) is 0 Å². The molecule has 0 spiro atoms. The van der Waals surface area contributed by atoms with E-state index >= 15 is 0 Å². The summed E-state index contributed by atoms with van der Waals surface area (Å²) in [5, 5.41) is 0. The fraction of sp³-hybridized carbons (Fsp3) is 0.900. The average molecular weight is 199 g/mol. The zero-order valence-corrected chi connectivity index (χ0v) is 9.58. The van der Waals surface area contributed by atoms with Crippen LogP contribution >= 0.6 is 0 Å². The van der Waals surface area contributed by atoms with Crippen LogP contribution in [0.4, 0.5) is 4.79 Å². The Balaban J connectivity index is 2.58. The molecule has 0 aliphatic heterocycles. The number of carbonyl (C=O) groups is 1. The van der Waals surface area contributed by atoms with Gasteiger partial charge in [0, 0.05) is 26.7 Å². The van der Waals surface area contributed by atoms with E-state index in [9.17, 15) is 4.79 Å². The van der Waals surface area contributed by atoms with Crippen LogP contribution in [0.2, 0.25) is 0 Å². The van der Waals surface area contributed by atoms with Gasteiger partial charge in [0.05, 0.1) is 5.54 Å². The standard InChI is InChI=1S/C10H21N3O/c1-10(2,7-11)13(4)9(14)12(3)8-5-6-8/h8H,5-7,11H2,1-4H3. The van der Waals surface area contributed by atoms with Crippen LogP contribution in [-0.4, -0.2) is 48.1 Å². The number of urea groups is 1. The zero-order valence-electron chi connectivity index (χ0n) is 9.58. The number of hydrogen-bond acceptors (Lipinski definition) is 2. The summed E-state index contributed by atoms with van der Waals surface area (Å²) >= 11 is 0. The molecule has 0 unspecified atom stereocenters. The highest BCUT2D eigenvalue weighted by Gasteiger charge is 2.35. The Morgan fingerprint density at radius 3 is 2.29 bits per heavy atom. The molecule has 2 amide bonds. The lowest BCUT2D eigenvalue weighted by atomic mass is 10.0. The predicted molar refractivity (Wildman–Crippen MR) is 57.1 cm³/mol. The lowest BCUT2D eigenvalue weighted by Gasteiger charge is -2.37. The Kier molecular flexibility index (Phi) is 3.04. The molecule has 0 aromatic carbocycles. The maximum atomic E-state index is 11.9. The van der Waals surface area contributed by atoms with E-state index in [1.807, 2.05) is 32.8 Å². The highest BCUT2D eigenvalue weighted by atomic mass is 16.2. The third kappa shape index (κ3) is 2.18. The Morgan fingerprint density at radius 1 is 1.43 bits per heavy atom. The smallest absolute Gasteiger partial charge is 0.320 e. The van der Waals surface area contributed by atoms with Crippen LogP contribution in [0.25, 0.3) is 0 Å². The van der Waals surface area contributed by atoms with Gasteiger partial charge in [-0.25, -0.2) is 4.79 Å². The molecule has 0 saturated heterocycles. The topological polar surface area (TPSA) is 49.6 Å². The van der Waals surface area contributed by atoms with Gasteiger partial charge in [0.1, 0.15) is 0 Å². The van der Waals surface area contributed by atoms with E-state index in [0.29, 0.717) is 12.6 Å². The second-order valence-electron chi connectivity index (χ2n) is 4.70. The fourth-order valence-electron chi connectivity index (χ4n) is 1.25. The summed E-state index contributed by atoms with van der Waals surface area (Å²) in [7, 11) is 3.68. The maximum absolute atomic E-state index is 11.9. The first-order chi connectivity index (χ1) is 6.40. The molecule has 0 aromatic heterocycles. The Hall–Kier alpha value is -0.770. The van der Waals surface area contributed by atoms with Crippen LogP contribution < -0.4 is 5.73 Å². The summed E-state index contributed by atoms with van der Waals surface area (Å²) in [6.07, 6.45) is 2.28. The molecule has 0 radical (unpaired) electrons. The van der Waals surface area contributed by atoms with E-state index in [-0.39, 0.29) is 11.6 Å². The lowest BCUT2D eigenvalue weighted by molar-refractivity contribution is 0.128. The van der Waals surface area contributed by atoms with E-state index in [1.165, 1.54) is 0 Å². The van der Waals surface area contributed by atoms with E-state index in [0.717, 1.165) is 12.8 Å². The van der Waals surface area contributed by atoms with Gasteiger partial charge < -0.3 is 15.5 Å². The first kappa shape index (κ1) is 11.3. The zero-order chi connectivity index (χ0) is 10.9. The molecule has 1 aliphatic carbocycles. The van der Waals surface area contributed by atoms with Gasteiger partial charge in [0.25, 0.3) is 0 Å². The first-order valence-corrected chi connectivity index (χ1v) is 5.11. The van der Waals surface area contributed by atoms with Gasteiger partial charge in [-0.1, -0.05) is 0 Å². The predicted octanol–water partition coefficient (Wildman–Crippen LogP) is 0.870. The molecule has 0 aromatic rings. The van der Waals surface area contributed by atoms with Crippen molar-refractivity contribution in [2.75, 3.05) is 20.6 Å². The molecule has 0 atom stereocenters. The third-order valence-electron chi connectivity index (χ3n) is 3.09. The largest absolute Gasteiger partial charge is 0.328 e. The molecule has 1 aliphatic rings. The van der Waals surface area contributed by atoms with Crippen molar-refractivity contribution in [2.24, 2.45) is 5.73 Å². The molecular formula is C10H21N3O. The van der Waals surface area contributed by atoms with E-state index in [2.05, 4.69) is 0 Å². The summed E-state index contributed by atoms with van der Waals surface area (Å²) in [6.45, 7) is 4.44. The summed E-state index contributed by atoms with van der Waals surface area (Å²) < 4.78 is 0. The minimum absolute atomic E-state index is 0.0722. The monoisotopic (exact) mass is 199 g/mol. The summed E-state index contributed by atoms with van der Waals surface area (Å²) in [6, 6.07) is 0.529. The van der Waals surface area contributed by atoms with Gasteiger partial charge in [-0.15, -0.1) is 0 Å². The third-order valence-corrected chi connectivity index (χ3v) is 3.09. The van der Waals surface area contributed by atoms with Crippen LogP contribution in [0.1, 0.15) is 26.7 Å². The molecule has 4 heteroatoms. The second kappa shape index (κ2) is 3.77. The van der Waals surface area contributed by atoms with Crippen LogP contribution in [0.5, 0.6) is 0 Å². The fourth-order valence-corrected chi connectivity index (χ4v) is 1.25.